The van der Waals surface area contributed by atoms with Crippen LogP contribution in [-0.2, 0) is 4.79 Å². The van der Waals surface area contributed by atoms with Gasteiger partial charge < -0.3 is 9.80 Å². The maximum Gasteiger partial charge on any atom is 0.271 e. The van der Waals surface area contributed by atoms with E-state index in [2.05, 4.69) is 29.2 Å². The number of fused-ring (bicyclic) bond motifs is 1. The second-order valence-corrected chi connectivity index (χ2v) is 10.8. The molecule has 0 bridgehead atoms. The summed E-state index contributed by atoms with van der Waals surface area (Å²) in [6.45, 7) is 9.12. The van der Waals surface area contributed by atoms with E-state index in [4.69, 9.17) is 16.6 Å². The number of carbonyl (C=O) groups excluding carboxylic acids is 1. The predicted octanol–water partition coefficient (Wildman–Crippen LogP) is 4.36. The number of thiazole rings is 1. The minimum absolute atomic E-state index is 0.0991. The van der Waals surface area contributed by atoms with E-state index in [1.54, 1.807) is 21.6 Å². The van der Waals surface area contributed by atoms with Crippen molar-refractivity contribution in [1.29, 1.82) is 0 Å². The van der Waals surface area contributed by atoms with Crippen LogP contribution in [-0.4, -0.2) is 41.6 Å². The molecule has 5 rings (SSSR count). The number of rotatable bonds is 6. The fourth-order valence-corrected chi connectivity index (χ4v) is 6.32. The summed E-state index contributed by atoms with van der Waals surface area (Å²) >= 11 is 7.53. The van der Waals surface area contributed by atoms with Crippen molar-refractivity contribution in [2.75, 3.05) is 31.1 Å². The number of anilines is 1. The summed E-state index contributed by atoms with van der Waals surface area (Å²) in [6.07, 6.45) is 4.38. The molecule has 1 aromatic heterocycles. The summed E-state index contributed by atoms with van der Waals surface area (Å²) in [5.41, 5.74) is 4.03. The Hall–Kier alpha value is -3.16. The molecule has 0 aliphatic carbocycles. The fourth-order valence-electron chi connectivity index (χ4n) is 5.14. The Labute approximate surface area is 225 Å². The van der Waals surface area contributed by atoms with Gasteiger partial charge in [-0.2, -0.15) is 0 Å². The monoisotopic (exact) mass is 534 g/mol. The molecule has 0 N–H and O–H groups in total. The second-order valence-electron chi connectivity index (χ2n) is 9.40. The number of benzene rings is 2. The van der Waals surface area contributed by atoms with Crippen LogP contribution in [0.25, 0.3) is 6.08 Å². The van der Waals surface area contributed by atoms with Gasteiger partial charge in [0, 0.05) is 36.9 Å². The predicted molar refractivity (Wildman–Crippen MR) is 151 cm³/mol. The van der Waals surface area contributed by atoms with Crippen LogP contribution in [0.2, 0.25) is 5.02 Å². The van der Waals surface area contributed by atoms with Gasteiger partial charge in [0.05, 0.1) is 21.8 Å². The molecule has 0 saturated carbocycles. The minimum Gasteiger partial charge on any atom is -0.372 e. The van der Waals surface area contributed by atoms with Crippen molar-refractivity contribution in [2.45, 2.75) is 39.7 Å². The maximum atomic E-state index is 13.8. The van der Waals surface area contributed by atoms with Gasteiger partial charge in [-0.1, -0.05) is 47.2 Å². The summed E-state index contributed by atoms with van der Waals surface area (Å²) in [6, 6.07) is 15.1. The standard InChI is InChI=1S/C29H31ClN4O2S/c1-4-32(5-2)28(36)25-19(3)31-29-34(26(25)21-10-12-22(30)13-11-21)27(35)24(37-29)18-20-8-14-23(15-9-20)33-16-6-7-17-33/h8-15,18,26H,4-7,16-17H2,1-3H3/b24-18-/t26-/m0/s1. The summed E-state index contributed by atoms with van der Waals surface area (Å²) in [7, 11) is 0. The van der Waals surface area contributed by atoms with Gasteiger partial charge in [0.25, 0.3) is 11.5 Å². The van der Waals surface area contributed by atoms with Crippen LogP contribution in [0, 0.1) is 0 Å². The Bertz CT molecular complexity index is 1510. The van der Waals surface area contributed by atoms with Crippen LogP contribution >= 0.6 is 22.9 Å². The van der Waals surface area contributed by atoms with E-state index in [0.717, 1.165) is 24.2 Å². The van der Waals surface area contributed by atoms with E-state index in [0.29, 0.717) is 38.7 Å². The van der Waals surface area contributed by atoms with Crippen LogP contribution in [0.1, 0.15) is 50.8 Å². The maximum absolute atomic E-state index is 13.8. The zero-order valence-corrected chi connectivity index (χ0v) is 23.0. The van der Waals surface area contributed by atoms with Crippen molar-refractivity contribution < 1.29 is 4.79 Å². The number of likely N-dealkylation sites (N-methyl/N-ethyl adjacent to an activating group) is 1. The first-order valence-corrected chi connectivity index (χ1v) is 14.0. The molecule has 192 valence electrons. The smallest absolute Gasteiger partial charge is 0.271 e. The van der Waals surface area contributed by atoms with E-state index >= 15 is 0 Å². The summed E-state index contributed by atoms with van der Waals surface area (Å²) in [4.78, 5) is 37.0. The number of halogens is 1. The number of hydrogen-bond acceptors (Lipinski definition) is 5. The minimum atomic E-state index is -0.568. The van der Waals surface area contributed by atoms with Crippen molar-refractivity contribution in [3.05, 3.63) is 95.6 Å². The molecule has 3 heterocycles. The van der Waals surface area contributed by atoms with Crippen molar-refractivity contribution in [2.24, 2.45) is 4.99 Å². The molecular weight excluding hydrogens is 504 g/mol. The van der Waals surface area contributed by atoms with Gasteiger partial charge in [-0.05, 0) is 75.1 Å². The highest BCUT2D eigenvalue weighted by Gasteiger charge is 2.34. The SMILES string of the molecule is CCN(CC)C(=O)C1=C(C)N=c2s/c(=C\c3ccc(N4CCCC4)cc3)c(=O)n2[C@H]1c1ccc(Cl)cc1. The fraction of sp³-hybridized carbons (Fsp3) is 0.345. The van der Waals surface area contributed by atoms with Crippen molar-refractivity contribution in [3.8, 4) is 0 Å². The van der Waals surface area contributed by atoms with Gasteiger partial charge in [-0.3, -0.25) is 14.2 Å². The summed E-state index contributed by atoms with van der Waals surface area (Å²) in [5.74, 6) is -0.0991. The molecule has 3 aromatic rings. The van der Waals surface area contributed by atoms with Crippen molar-refractivity contribution in [3.63, 3.8) is 0 Å². The highest BCUT2D eigenvalue weighted by molar-refractivity contribution is 7.07. The quantitative estimate of drug-likeness (QED) is 0.472. The van der Waals surface area contributed by atoms with Crippen molar-refractivity contribution >= 4 is 40.6 Å². The van der Waals surface area contributed by atoms with Crippen LogP contribution in [0.5, 0.6) is 0 Å². The number of hydrogen-bond donors (Lipinski definition) is 0. The molecule has 2 aromatic carbocycles. The number of nitrogens with zero attached hydrogens (tertiary/aromatic N) is 4. The molecule has 8 heteroatoms. The number of aromatic nitrogens is 1. The Morgan fingerprint density at radius 1 is 1.08 bits per heavy atom. The highest BCUT2D eigenvalue weighted by atomic mass is 35.5. The third-order valence-electron chi connectivity index (χ3n) is 7.15. The average Bonchev–Trinajstić information content (AvgIpc) is 3.54. The van der Waals surface area contributed by atoms with E-state index in [1.165, 1.54) is 29.9 Å². The van der Waals surface area contributed by atoms with Gasteiger partial charge >= 0.3 is 0 Å². The van der Waals surface area contributed by atoms with Crippen molar-refractivity contribution in [1.82, 2.24) is 9.47 Å². The molecular formula is C29H31ClN4O2S. The molecule has 6 nitrogen and oxygen atoms in total. The Morgan fingerprint density at radius 2 is 1.73 bits per heavy atom. The third kappa shape index (κ3) is 4.90. The molecule has 1 fully saturated rings. The molecule has 37 heavy (non-hydrogen) atoms. The zero-order valence-electron chi connectivity index (χ0n) is 21.4. The lowest BCUT2D eigenvalue weighted by Gasteiger charge is -2.29. The van der Waals surface area contributed by atoms with Crippen LogP contribution in [0.15, 0.2) is 69.6 Å². The largest absolute Gasteiger partial charge is 0.372 e. The Morgan fingerprint density at radius 3 is 2.35 bits per heavy atom. The van der Waals surface area contributed by atoms with Gasteiger partial charge in [0.2, 0.25) is 0 Å². The normalized spacial score (nSPS) is 17.7. The molecule has 2 aliphatic rings. The van der Waals surface area contributed by atoms with Crippen LogP contribution in [0.4, 0.5) is 5.69 Å². The average molecular weight is 535 g/mol. The number of amides is 1. The van der Waals surface area contributed by atoms with Gasteiger partial charge in [0.1, 0.15) is 0 Å². The van der Waals surface area contributed by atoms with E-state index < -0.39 is 6.04 Å². The third-order valence-corrected chi connectivity index (χ3v) is 8.39. The number of carbonyl (C=O) groups is 1. The topological polar surface area (TPSA) is 57.9 Å². The molecule has 0 spiro atoms. The molecule has 1 saturated heterocycles. The van der Waals surface area contributed by atoms with E-state index in [9.17, 15) is 9.59 Å². The molecule has 0 radical (unpaired) electrons. The summed E-state index contributed by atoms with van der Waals surface area (Å²) < 4.78 is 2.26. The first-order valence-electron chi connectivity index (χ1n) is 12.8. The number of allylic oxidation sites excluding steroid dienone is 1. The zero-order chi connectivity index (χ0) is 26.1. The molecule has 0 unspecified atom stereocenters. The molecule has 1 amide bonds. The van der Waals surface area contributed by atoms with Gasteiger partial charge in [-0.15, -0.1) is 0 Å². The Balaban J connectivity index is 1.62. The first kappa shape index (κ1) is 25.5. The molecule has 2 aliphatic heterocycles. The Kier molecular flexibility index (Phi) is 7.36. The van der Waals surface area contributed by atoms with Crippen LogP contribution < -0.4 is 19.8 Å². The van der Waals surface area contributed by atoms with E-state index in [1.807, 2.05) is 39.0 Å². The lowest BCUT2D eigenvalue weighted by molar-refractivity contribution is -0.127. The second kappa shape index (κ2) is 10.7. The molecule has 1 atom stereocenters. The summed E-state index contributed by atoms with van der Waals surface area (Å²) in [5, 5.41) is 0.603. The van der Waals surface area contributed by atoms with E-state index in [-0.39, 0.29) is 11.5 Å². The van der Waals surface area contributed by atoms with Gasteiger partial charge in [-0.25, -0.2) is 4.99 Å². The van der Waals surface area contributed by atoms with Gasteiger partial charge in [0.15, 0.2) is 4.80 Å². The highest BCUT2D eigenvalue weighted by Crippen LogP contribution is 2.32. The lowest BCUT2D eigenvalue weighted by atomic mass is 9.94. The lowest BCUT2D eigenvalue weighted by Crippen LogP contribution is -2.43. The first-order chi connectivity index (χ1) is 17.9. The van der Waals surface area contributed by atoms with Crippen LogP contribution in [0.3, 0.4) is 0 Å².